The van der Waals surface area contributed by atoms with E-state index in [9.17, 15) is 13.2 Å². The van der Waals surface area contributed by atoms with Gasteiger partial charge in [0, 0.05) is 6.54 Å². The summed E-state index contributed by atoms with van der Waals surface area (Å²) in [6, 6.07) is 6.88. The number of hydrogen-bond acceptors (Lipinski definition) is 4. The zero-order valence-corrected chi connectivity index (χ0v) is 11.6. The summed E-state index contributed by atoms with van der Waals surface area (Å²) in [7, 11) is -3.48. The maximum Gasteiger partial charge on any atom is 0.255 e. The fourth-order valence-corrected chi connectivity index (χ4v) is 2.05. The maximum absolute atomic E-state index is 11.9. The highest BCUT2D eigenvalue weighted by Gasteiger charge is 2.11. The van der Waals surface area contributed by atoms with Crippen LogP contribution in [0.5, 0.6) is 5.75 Å². The number of carbonyl (C=O) groups excluding carboxylic acids is 1. The summed E-state index contributed by atoms with van der Waals surface area (Å²) in [5, 5.41) is 7.50. The molecular formula is C12H18N2O4S. The van der Waals surface area contributed by atoms with Crippen molar-refractivity contribution in [3.63, 3.8) is 0 Å². The molecule has 0 fully saturated rings. The van der Waals surface area contributed by atoms with Crippen molar-refractivity contribution in [2.24, 2.45) is 5.14 Å². The second-order valence-corrected chi connectivity index (χ2v) is 5.64. The van der Waals surface area contributed by atoms with Crippen LogP contribution in [-0.2, 0) is 10.0 Å². The van der Waals surface area contributed by atoms with E-state index in [4.69, 9.17) is 9.88 Å². The third-order valence-electron chi connectivity index (χ3n) is 2.32. The molecular weight excluding hydrogens is 268 g/mol. The number of primary sulfonamides is 1. The van der Waals surface area contributed by atoms with E-state index in [1.807, 2.05) is 6.92 Å². The average Bonchev–Trinajstić information content (AvgIpc) is 2.34. The summed E-state index contributed by atoms with van der Waals surface area (Å²) < 4.78 is 26.8. The van der Waals surface area contributed by atoms with Gasteiger partial charge in [0.25, 0.3) is 5.91 Å². The zero-order chi connectivity index (χ0) is 14.3. The van der Waals surface area contributed by atoms with Gasteiger partial charge >= 0.3 is 0 Å². The van der Waals surface area contributed by atoms with Gasteiger partial charge in [-0.1, -0.05) is 12.1 Å². The molecule has 0 radical (unpaired) electrons. The molecule has 0 aliphatic carbocycles. The Morgan fingerprint density at radius 2 is 2.05 bits per heavy atom. The molecule has 1 aromatic carbocycles. The molecule has 6 nitrogen and oxygen atoms in total. The van der Waals surface area contributed by atoms with Crippen molar-refractivity contribution in [3.05, 3.63) is 29.8 Å². The van der Waals surface area contributed by atoms with Gasteiger partial charge in [0.1, 0.15) is 5.75 Å². The molecule has 0 aliphatic rings. The molecule has 0 aliphatic heterocycles. The molecule has 0 unspecified atom stereocenters. The lowest BCUT2D eigenvalue weighted by molar-refractivity contribution is 0.0950. The number of nitrogens with one attached hydrogen (secondary N) is 1. The smallest absolute Gasteiger partial charge is 0.255 e. The minimum atomic E-state index is -3.48. The van der Waals surface area contributed by atoms with E-state index >= 15 is 0 Å². The monoisotopic (exact) mass is 286 g/mol. The number of rotatable bonds is 7. The normalized spacial score (nSPS) is 11.1. The first-order chi connectivity index (χ1) is 8.94. The summed E-state index contributed by atoms with van der Waals surface area (Å²) in [4.78, 5) is 11.9. The Balaban J connectivity index is 2.54. The van der Waals surface area contributed by atoms with Crippen molar-refractivity contribution < 1.29 is 17.9 Å². The highest BCUT2D eigenvalue weighted by atomic mass is 32.2. The van der Waals surface area contributed by atoms with Crippen LogP contribution in [0.3, 0.4) is 0 Å². The molecule has 0 saturated heterocycles. The largest absolute Gasteiger partial charge is 0.493 e. The van der Waals surface area contributed by atoms with Crippen LogP contribution in [0.15, 0.2) is 24.3 Å². The minimum Gasteiger partial charge on any atom is -0.493 e. The van der Waals surface area contributed by atoms with Gasteiger partial charge in [0.15, 0.2) is 0 Å². The first kappa shape index (κ1) is 15.5. The Hall–Kier alpha value is -1.60. The third-order valence-corrected chi connectivity index (χ3v) is 3.18. The molecule has 7 heteroatoms. The highest BCUT2D eigenvalue weighted by molar-refractivity contribution is 7.89. The van der Waals surface area contributed by atoms with Crippen molar-refractivity contribution in [1.82, 2.24) is 5.32 Å². The van der Waals surface area contributed by atoms with Gasteiger partial charge in [-0.05, 0) is 25.5 Å². The van der Waals surface area contributed by atoms with Crippen LogP contribution in [0.4, 0.5) is 0 Å². The summed E-state index contributed by atoms with van der Waals surface area (Å²) in [6.45, 7) is 2.55. The number of sulfonamides is 1. The van der Waals surface area contributed by atoms with Gasteiger partial charge in [-0.25, -0.2) is 13.6 Å². The molecule has 0 spiro atoms. The minimum absolute atomic E-state index is 0.152. The molecule has 19 heavy (non-hydrogen) atoms. The van der Waals surface area contributed by atoms with E-state index in [-0.39, 0.29) is 24.6 Å². The Morgan fingerprint density at radius 1 is 1.37 bits per heavy atom. The number of ether oxygens (including phenoxy) is 1. The van der Waals surface area contributed by atoms with E-state index in [1.165, 1.54) is 0 Å². The molecule has 0 saturated carbocycles. The summed E-state index contributed by atoms with van der Waals surface area (Å²) in [5.74, 6) is 0.0628. The lowest BCUT2D eigenvalue weighted by Crippen LogP contribution is -2.27. The average molecular weight is 286 g/mol. The fraction of sp³-hybridized carbons (Fsp3) is 0.417. The third kappa shape index (κ3) is 5.71. The molecule has 1 amide bonds. The van der Waals surface area contributed by atoms with E-state index in [1.54, 1.807) is 24.3 Å². The molecule has 1 rings (SSSR count). The van der Waals surface area contributed by atoms with Crippen molar-refractivity contribution in [2.45, 2.75) is 13.3 Å². The van der Waals surface area contributed by atoms with Crippen LogP contribution in [0, 0.1) is 0 Å². The van der Waals surface area contributed by atoms with Gasteiger partial charge in [-0.2, -0.15) is 0 Å². The molecule has 0 atom stereocenters. The van der Waals surface area contributed by atoms with E-state index in [0.29, 0.717) is 17.9 Å². The summed E-state index contributed by atoms with van der Waals surface area (Å²) in [5.41, 5.74) is 0.431. The molecule has 0 bridgehead atoms. The molecule has 3 N–H and O–H groups in total. The summed E-state index contributed by atoms with van der Waals surface area (Å²) >= 11 is 0. The Bertz CT molecular complexity index is 528. The second-order valence-electron chi connectivity index (χ2n) is 3.91. The van der Waals surface area contributed by atoms with E-state index in [2.05, 4.69) is 5.32 Å². The standard InChI is InChI=1S/C12H18N2O4S/c1-2-18-11-7-4-3-6-10(11)12(15)14-8-5-9-19(13,16)17/h3-4,6-7H,2,5,8-9H2,1H3,(H,14,15)(H2,13,16,17). The first-order valence-electron chi connectivity index (χ1n) is 5.94. The maximum atomic E-state index is 11.9. The lowest BCUT2D eigenvalue weighted by Gasteiger charge is -2.10. The second kappa shape index (κ2) is 7.10. The molecule has 0 heterocycles. The van der Waals surface area contributed by atoms with Crippen molar-refractivity contribution in [2.75, 3.05) is 18.9 Å². The predicted octanol–water partition coefficient (Wildman–Crippen LogP) is 0.494. The van der Waals surface area contributed by atoms with E-state index < -0.39 is 10.0 Å². The highest BCUT2D eigenvalue weighted by Crippen LogP contribution is 2.17. The van der Waals surface area contributed by atoms with Crippen LogP contribution in [0.25, 0.3) is 0 Å². The van der Waals surface area contributed by atoms with Crippen LogP contribution < -0.4 is 15.2 Å². The number of carbonyl (C=O) groups is 1. The number of para-hydroxylation sites is 1. The van der Waals surface area contributed by atoms with Crippen molar-refractivity contribution >= 4 is 15.9 Å². The SMILES string of the molecule is CCOc1ccccc1C(=O)NCCCS(N)(=O)=O. The lowest BCUT2D eigenvalue weighted by atomic mass is 10.2. The van der Waals surface area contributed by atoms with E-state index in [0.717, 1.165) is 0 Å². The Morgan fingerprint density at radius 3 is 2.68 bits per heavy atom. The van der Waals surface area contributed by atoms with Crippen LogP contribution in [-0.4, -0.2) is 33.2 Å². The molecule has 1 aromatic rings. The zero-order valence-electron chi connectivity index (χ0n) is 10.8. The number of hydrogen-bond donors (Lipinski definition) is 2. The van der Waals surface area contributed by atoms with Crippen LogP contribution in [0.1, 0.15) is 23.7 Å². The fourth-order valence-electron chi connectivity index (χ4n) is 1.51. The van der Waals surface area contributed by atoms with Gasteiger partial charge < -0.3 is 10.1 Å². The Labute approximate surface area is 113 Å². The van der Waals surface area contributed by atoms with Crippen LogP contribution >= 0.6 is 0 Å². The predicted molar refractivity (Wildman–Crippen MR) is 72.5 cm³/mol. The number of benzene rings is 1. The van der Waals surface area contributed by atoms with Gasteiger partial charge in [-0.3, -0.25) is 4.79 Å². The number of amides is 1. The van der Waals surface area contributed by atoms with Gasteiger partial charge in [0.05, 0.1) is 17.9 Å². The topological polar surface area (TPSA) is 98.5 Å². The summed E-state index contributed by atoms with van der Waals surface area (Å²) in [6.07, 6.45) is 0.279. The van der Waals surface area contributed by atoms with Crippen molar-refractivity contribution in [3.8, 4) is 5.75 Å². The Kier molecular flexibility index (Phi) is 5.78. The molecule has 0 aromatic heterocycles. The van der Waals surface area contributed by atoms with Crippen LogP contribution in [0.2, 0.25) is 0 Å². The van der Waals surface area contributed by atoms with Crippen molar-refractivity contribution in [1.29, 1.82) is 0 Å². The molecule has 106 valence electrons. The van der Waals surface area contributed by atoms with Gasteiger partial charge in [0.2, 0.25) is 10.0 Å². The first-order valence-corrected chi connectivity index (χ1v) is 7.66. The quantitative estimate of drug-likeness (QED) is 0.713. The van der Waals surface area contributed by atoms with Gasteiger partial charge in [-0.15, -0.1) is 0 Å². The number of nitrogens with two attached hydrogens (primary N) is 1.